The van der Waals surface area contributed by atoms with Crippen molar-refractivity contribution < 1.29 is 28.6 Å². The van der Waals surface area contributed by atoms with Crippen LogP contribution in [0.1, 0.15) is 406 Å². The molecule has 0 aromatic heterocycles. The molecule has 0 spiro atoms. The molecule has 0 amide bonds. The molecule has 6 heteroatoms. The maximum atomic E-state index is 12.9. The number of esters is 3. The molecule has 476 valence electrons. The molecule has 1 unspecified atom stereocenters. The van der Waals surface area contributed by atoms with Gasteiger partial charge in [-0.1, -0.05) is 365 Å². The predicted molar refractivity (Wildman–Crippen MR) is 353 cm³/mol. The summed E-state index contributed by atoms with van der Waals surface area (Å²) in [5.41, 5.74) is 0. The van der Waals surface area contributed by atoms with Gasteiger partial charge in [-0.3, -0.25) is 14.4 Å². The van der Waals surface area contributed by atoms with Crippen molar-refractivity contribution in [2.75, 3.05) is 13.2 Å². The van der Waals surface area contributed by atoms with Crippen molar-refractivity contribution in [3.63, 3.8) is 0 Å². The van der Waals surface area contributed by atoms with E-state index in [1.807, 2.05) is 0 Å². The molecule has 0 heterocycles. The zero-order chi connectivity index (χ0) is 58.5. The van der Waals surface area contributed by atoms with E-state index in [0.29, 0.717) is 19.3 Å². The minimum Gasteiger partial charge on any atom is -0.462 e. The van der Waals surface area contributed by atoms with E-state index in [-0.39, 0.29) is 31.1 Å². The highest BCUT2D eigenvalue weighted by Gasteiger charge is 2.19. The van der Waals surface area contributed by atoms with Gasteiger partial charge in [0.05, 0.1) is 0 Å². The summed E-state index contributed by atoms with van der Waals surface area (Å²) >= 11 is 0. The molecule has 6 nitrogen and oxygen atoms in total. The smallest absolute Gasteiger partial charge is 0.306 e. The molecular weight excluding hydrogens is 997 g/mol. The Balaban J connectivity index is 3.95. The fourth-order valence-corrected chi connectivity index (χ4v) is 11.2. The molecule has 0 radical (unpaired) electrons. The Morgan fingerprint density at radius 3 is 0.691 bits per heavy atom. The highest BCUT2D eigenvalue weighted by molar-refractivity contribution is 5.71. The Morgan fingerprint density at radius 2 is 0.444 bits per heavy atom. The van der Waals surface area contributed by atoms with Crippen LogP contribution in [0.4, 0.5) is 0 Å². The van der Waals surface area contributed by atoms with Crippen LogP contribution in [0, 0.1) is 0 Å². The summed E-state index contributed by atoms with van der Waals surface area (Å²) in [6.45, 7) is 6.64. The van der Waals surface area contributed by atoms with Crippen molar-refractivity contribution in [3.8, 4) is 0 Å². The van der Waals surface area contributed by atoms with E-state index in [9.17, 15) is 14.4 Å². The molecule has 0 rings (SSSR count). The summed E-state index contributed by atoms with van der Waals surface area (Å²) in [5, 5.41) is 0. The lowest BCUT2D eigenvalue weighted by Crippen LogP contribution is -2.30. The number of carbonyl (C=O) groups is 3. The number of hydrogen-bond acceptors (Lipinski definition) is 6. The fraction of sp³-hybridized carbons (Fsp3) is 0.880. The SMILES string of the molecule is CCCCCCC/C=C\C/C=C\C/C=C\CCCCCCCCCCCCC(=O)OC(COC(=O)CCCCCCCC)COC(=O)CCCCCCCCCCCCCCCCCCCCCCCCCCCCCCCCCC. The van der Waals surface area contributed by atoms with E-state index in [1.54, 1.807) is 0 Å². The maximum Gasteiger partial charge on any atom is 0.306 e. The quantitative estimate of drug-likeness (QED) is 0.0261. The number of ether oxygens (including phenoxy) is 3. The van der Waals surface area contributed by atoms with E-state index >= 15 is 0 Å². The molecule has 0 saturated carbocycles. The van der Waals surface area contributed by atoms with Gasteiger partial charge in [-0.25, -0.2) is 0 Å². The molecule has 0 aromatic carbocycles. The first-order valence-electron chi connectivity index (χ1n) is 36.5. The lowest BCUT2D eigenvalue weighted by Gasteiger charge is -2.18. The second-order valence-corrected chi connectivity index (χ2v) is 24.9. The van der Waals surface area contributed by atoms with Crippen LogP contribution in [0.5, 0.6) is 0 Å². The van der Waals surface area contributed by atoms with Crippen LogP contribution < -0.4 is 0 Å². The minimum absolute atomic E-state index is 0.0690. The number of carbonyl (C=O) groups excluding carboxylic acids is 3. The second-order valence-electron chi connectivity index (χ2n) is 24.9. The van der Waals surface area contributed by atoms with Crippen molar-refractivity contribution in [1.29, 1.82) is 0 Å². The maximum absolute atomic E-state index is 12.9. The number of rotatable bonds is 68. The standard InChI is InChI=1S/C75H140O6/c1-4-7-10-13-16-18-20-22-24-26-28-30-32-34-35-36-37-38-39-40-42-43-45-47-49-51-53-55-57-59-62-65-68-74(77)80-71-72(70-79-73(76)67-64-61-15-12-9-6-3)81-75(78)69-66-63-60-58-56-54-52-50-48-46-44-41-33-31-29-27-25-23-21-19-17-14-11-8-5-2/h21,23,27,29,33,41,72H,4-20,22,24-26,28,30-32,34-40,42-71H2,1-3H3/b23-21-,29-27-,41-33-. The number of hydrogen-bond donors (Lipinski definition) is 0. The summed E-state index contributed by atoms with van der Waals surface area (Å²) in [6, 6.07) is 0. The minimum atomic E-state index is -0.770. The zero-order valence-electron chi connectivity index (χ0n) is 54.8. The summed E-state index contributed by atoms with van der Waals surface area (Å²) in [6.07, 6.45) is 88.1. The molecule has 81 heavy (non-hydrogen) atoms. The highest BCUT2D eigenvalue weighted by Crippen LogP contribution is 2.19. The molecular formula is C75H140O6. The van der Waals surface area contributed by atoms with E-state index in [4.69, 9.17) is 14.2 Å². The molecule has 0 saturated heterocycles. The van der Waals surface area contributed by atoms with Crippen molar-refractivity contribution in [3.05, 3.63) is 36.5 Å². The van der Waals surface area contributed by atoms with Gasteiger partial charge < -0.3 is 14.2 Å². The van der Waals surface area contributed by atoms with Crippen LogP contribution in [-0.4, -0.2) is 37.2 Å². The second kappa shape index (κ2) is 70.1. The van der Waals surface area contributed by atoms with Gasteiger partial charge in [0.25, 0.3) is 0 Å². The molecule has 0 aliphatic rings. The van der Waals surface area contributed by atoms with Crippen molar-refractivity contribution in [2.24, 2.45) is 0 Å². The fourth-order valence-electron chi connectivity index (χ4n) is 11.2. The van der Waals surface area contributed by atoms with E-state index < -0.39 is 6.10 Å². The Morgan fingerprint density at radius 1 is 0.247 bits per heavy atom. The summed E-state index contributed by atoms with van der Waals surface area (Å²) in [7, 11) is 0. The number of allylic oxidation sites excluding steroid dienone is 6. The molecule has 0 aromatic rings. The molecule has 1 atom stereocenters. The lowest BCUT2D eigenvalue weighted by atomic mass is 10.0. The Kier molecular flexibility index (Phi) is 68.1. The van der Waals surface area contributed by atoms with Crippen molar-refractivity contribution in [2.45, 2.75) is 412 Å². The Hall–Kier alpha value is -2.37. The molecule has 0 N–H and O–H groups in total. The van der Waals surface area contributed by atoms with Gasteiger partial charge >= 0.3 is 17.9 Å². The first-order valence-corrected chi connectivity index (χ1v) is 36.5. The van der Waals surface area contributed by atoms with Crippen molar-refractivity contribution in [1.82, 2.24) is 0 Å². The summed E-state index contributed by atoms with van der Waals surface area (Å²) in [5.74, 6) is -0.858. The van der Waals surface area contributed by atoms with Gasteiger partial charge in [-0.05, 0) is 57.8 Å². The molecule has 0 fully saturated rings. The van der Waals surface area contributed by atoms with Crippen LogP contribution >= 0.6 is 0 Å². The molecule has 0 aliphatic carbocycles. The largest absolute Gasteiger partial charge is 0.462 e. The highest BCUT2D eigenvalue weighted by atomic mass is 16.6. The zero-order valence-corrected chi connectivity index (χ0v) is 54.8. The van der Waals surface area contributed by atoms with E-state index in [2.05, 4.69) is 57.2 Å². The normalized spacial score (nSPS) is 12.2. The van der Waals surface area contributed by atoms with Gasteiger partial charge in [0.15, 0.2) is 6.10 Å². The van der Waals surface area contributed by atoms with Gasteiger partial charge in [0.2, 0.25) is 0 Å². The summed E-state index contributed by atoms with van der Waals surface area (Å²) in [4.78, 5) is 38.1. The first-order chi connectivity index (χ1) is 40.0. The van der Waals surface area contributed by atoms with E-state index in [1.165, 1.54) is 295 Å². The Labute approximate surface area is 506 Å². The van der Waals surface area contributed by atoms with Crippen LogP contribution in [0.3, 0.4) is 0 Å². The first kappa shape index (κ1) is 78.6. The molecule has 0 aliphatic heterocycles. The summed E-state index contributed by atoms with van der Waals surface area (Å²) < 4.78 is 16.9. The average Bonchev–Trinajstić information content (AvgIpc) is 3.47. The van der Waals surface area contributed by atoms with E-state index in [0.717, 1.165) is 70.6 Å². The topological polar surface area (TPSA) is 78.9 Å². The van der Waals surface area contributed by atoms with Gasteiger partial charge in [-0.2, -0.15) is 0 Å². The Bertz CT molecular complexity index is 1350. The third-order valence-corrected chi connectivity index (χ3v) is 16.6. The lowest BCUT2D eigenvalue weighted by molar-refractivity contribution is -0.167. The van der Waals surface area contributed by atoms with Crippen LogP contribution in [0.25, 0.3) is 0 Å². The van der Waals surface area contributed by atoms with Crippen LogP contribution in [0.2, 0.25) is 0 Å². The number of unbranched alkanes of at least 4 members (excludes halogenated alkanes) is 51. The third kappa shape index (κ3) is 68.3. The van der Waals surface area contributed by atoms with Crippen molar-refractivity contribution >= 4 is 17.9 Å². The predicted octanol–water partition coefficient (Wildman–Crippen LogP) is 25.1. The van der Waals surface area contributed by atoms with Gasteiger partial charge in [0.1, 0.15) is 13.2 Å². The van der Waals surface area contributed by atoms with Crippen LogP contribution in [-0.2, 0) is 28.6 Å². The molecule has 0 bridgehead atoms. The van der Waals surface area contributed by atoms with Gasteiger partial charge in [-0.15, -0.1) is 0 Å². The third-order valence-electron chi connectivity index (χ3n) is 16.6. The average molecular weight is 1140 g/mol. The monoisotopic (exact) mass is 1140 g/mol. The van der Waals surface area contributed by atoms with Crippen LogP contribution in [0.15, 0.2) is 36.5 Å². The van der Waals surface area contributed by atoms with Gasteiger partial charge in [0, 0.05) is 19.3 Å².